The molecule has 0 spiro atoms. The number of rotatable bonds is 12. The van der Waals surface area contributed by atoms with Gasteiger partial charge >= 0.3 is 0 Å². The highest BCUT2D eigenvalue weighted by atomic mass is 16.7. The van der Waals surface area contributed by atoms with Gasteiger partial charge in [-0.15, -0.1) is 0 Å². The number of ether oxygens (including phenoxy) is 3. The summed E-state index contributed by atoms with van der Waals surface area (Å²) in [7, 11) is 1.35. The Kier molecular flexibility index (Phi) is 12.9. The predicted octanol–water partition coefficient (Wildman–Crippen LogP) is 7.01. The fourth-order valence-corrected chi connectivity index (χ4v) is 15.1. The van der Waals surface area contributed by atoms with Crippen LogP contribution in [0.3, 0.4) is 0 Å². The average Bonchev–Trinajstić information content (AvgIpc) is 3.65. The topological polar surface area (TPSA) is 212 Å². The third-order valence-corrected chi connectivity index (χ3v) is 18.6. The highest BCUT2D eigenvalue weighted by Crippen LogP contribution is 2.67. The van der Waals surface area contributed by atoms with Crippen LogP contribution in [-0.4, -0.2) is 104 Å². The van der Waals surface area contributed by atoms with Crippen molar-refractivity contribution in [2.75, 3.05) is 13.7 Å². The molecule has 4 fully saturated rings. The van der Waals surface area contributed by atoms with Crippen LogP contribution in [0.4, 0.5) is 0 Å². The van der Waals surface area contributed by atoms with E-state index in [4.69, 9.17) is 14.2 Å². The first kappa shape index (κ1) is 48.3. The van der Waals surface area contributed by atoms with Crippen molar-refractivity contribution in [3.63, 3.8) is 0 Å². The molecule has 13 nitrogen and oxygen atoms in total. The number of aliphatic hydroxyl groups excluding tert-OH is 3. The summed E-state index contributed by atoms with van der Waals surface area (Å²) < 4.78 is 18.3. The standard InChI is InChI=1S/C54H73NO12/c1-26(2)10-8-11-27(3)34-16-17-35-31-15-14-29-20-30(57)21-40(53(29,6)36(31)18-19-52(34,35)5)55-37-22-42(66-28(4)47(37)59)67-39-24-54(64,41(58)25-56)23-33-44(39)51(63)46-45(49(33)61)48(60)32-12-9-13-38(65-7)43(32)50(46)62/h9,12-14,26-28,30-31,34-37,39-40,42,47,55-57,59,61,63-64H,8,10-11,15-25H2,1-7H3/t27-,28?,30-,31+,34-,35+,36+,37?,39+,40?,42?,47?,52-,53+,54+/m1/s1. The summed E-state index contributed by atoms with van der Waals surface area (Å²) in [5.74, 6) is -0.0274. The monoisotopic (exact) mass is 928 g/mol. The molecule has 1 aliphatic heterocycles. The number of aliphatic hydroxyl groups is 4. The van der Waals surface area contributed by atoms with Gasteiger partial charge in [0.1, 0.15) is 29.5 Å². The number of nitrogens with one attached hydrogen (secondary N) is 1. The van der Waals surface area contributed by atoms with Gasteiger partial charge in [-0.1, -0.05) is 77.7 Å². The summed E-state index contributed by atoms with van der Waals surface area (Å²) in [6.45, 7) is 12.8. The van der Waals surface area contributed by atoms with Crippen molar-refractivity contribution < 1.29 is 59.2 Å². The number of Topliss-reactive ketones (excluding diaryl/α,β-unsaturated/α-hetero) is 1. The number of ketones is 3. The average molecular weight is 928 g/mol. The number of aromatic hydroxyl groups is 2. The van der Waals surface area contributed by atoms with E-state index < -0.39 is 102 Å². The van der Waals surface area contributed by atoms with E-state index >= 15 is 0 Å². The minimum atomic E-state index is -2.29. The quantitative estimate of drug-likeness (QED) is 0.0721. The van der Waals surface area contributed by atoms with Gasteiger partial charge in [0.15, 0.2) is 17.9 Å². The summed E-state index contributed by atoms with van der Waals surface area (Å²) in [5, 5.41) is 73.0. The summed E-state index contributed by atoms with van der Waals surface area (Å²) in [5.41, 5.74) is -2.30. The molecule has 67 heavy (non-hydrogen) atoms. The molecule has 5 unspecified atom stereocenters. The molecule has 0 amide bonds. The molecule has 3 saturated carbocycles. The number of phenols is 2. The van der Waals surface area contributed by atoms with Gasteiger partial charge in [-0.25, -0.2) is 0 Å². The molecule has 7 aliphatic rings. The van der Waals surface area contributed by atoms with E-state index in [0.717, 1.165) is 24.7 Å². The third-order valence-electron chi connectivity index (χ3n) is 18.6. The van der Waals surface area contributed by atoms with Crippen molar-refractivity contribution in [3.8, 4) is 17.2 Å². The number of methoxy groups -OCH3 is 1. The van der Waals surface area contributed by atoms with Crippen LogP contribution in [0, 0.1) is 46.3 Å². The highest BCUT2D eigenvalue weighted by molar-refractivity contribution is 6.31. The lowest BCUT2D eigenvalue weighted by atomic mass is 9.46. The van der Waals surface area contributed by atoms with E-state index in [-0.39, 0.29) is 45.9 Å². The predicted molar refractivity (Wildman–Crippen MR) is 249 cm³/mol. The first-order chi connectivity index (χ1) is 31.8. The van der Waals surface area contributed by atoms with Crippen molar-refractivity contribution in [3.05, 3.63) is 63.2 Å². The molecular weight excluding hydrogens is 855 g/mol. The number of phenolic OH excluding ortho intramolecular Hbond substituents is 2. The first-order valence-corrected chi connectivity index (χ1v) is 25.1. The fourth-order valence-electron chi connectivity index (χ4n) is 15.1. The van der Waals surface area contributed by atoms with Gasteiger partial charge in [0.2, 0.25) is 5.78 Å². The molecule has 2 aromatic rings. The molecule has 13 heteroatoms. The third kappa shape index (κ3) is 7.81. The molecule has 6 aliphatic carbocycles. The Balaban J connectivity index is 0.999. The molecule has 0 aromatic heterocycles. The lowest BCUT2D eigenvalue weighted by Gasteiger charge is -2.61. The van der Waals surface area contributed by atoms with Crippen LogP contribution in [0.1, 0.15) is 168 Å². The SMILES string of the molecule is COc1cccc2c1C(=O)c1c(O)c3c(c(O)c1C2=O)C[C@@](O)(C(=O)CO)C[C@@H]3OC1CC(NC2C[C@H](O)CC3=CC[C@H]4[C@@H]5CC[C@H]([C@H](C)CCCC(C)C)[C@@]5(C)CC[C@@H]4[C@]32C)C(O)C(C)O1. The largest absolute Gasteiger partial charge is 0.507 e. The number of fused-ring (bicyclic) bond motifs is 8. The van der Waals surface area contributed by atoms with Gasteiger partial charge in [-0.2, -0.15) is 0 Å². The molecule has 0 bridgehead atoms. The molecule has 7 N–H and O–H groups in total. The molecular formula is C54H73NO12. The maximum atomic E-state index is 14.2. The Morgan fingerprint density at radius 2 is 1.72 bits per heavy atom. The van der Waals surface area contributed by atoms with Crippen molar-refractivity contribution >= 4 is 17.3 Å². The van der Waals surface area contributed by atoms with Crippen LogP contribution in [0.5, 0.6) is 17.2 Å². The Morgan fingerprint density at radius 1 is 0.970 bits per heavy atom. The van der Waals surface area contributed by atoms with Crippen LogP contribution >= 0.6 is 0 Å². The summed E-state index contributed by atoms with van der Waals surface area (Å²) >= 11 is 0. The van der Waals surface area contributed by atoms with Gasteiger partial charge in [0.25, 0.3) is 0 Å². The molecule has 15 atom stereocenters. The van der Waals surface area contributed by atoms with Gasteiger partial charge in [0, 0.05) is 53.5 Å². The smallest absolute Gasteiger partial charge is 0.202 e. The second-order valence-electron chi connectivity index (χ2n) is 22.6. The van der Waals surface area contributed by atoms with E-state index in [0.29, 0.717) is 41.9 Å². The number of carbonyl (C=O) groups is 3. The molecule has 1 saturated heterocycles. The maximum Gasteiger partial charge on any atom is 0.202 e. The zero-order valence-corrected chi connectivity index (χ0v) is 40.3. The zero-order valence-electron chi connectivity index (χ0n) is 40.3. The van der Waals surface area contributed by atoms with E-state index in [2.05, 4.69) is 46.0 Å². The van der Waals surface area contributed by atoms with E-state index in [9.17, 15) is 45.0 Å². The summed E-state index contributed by atoms with van der Waals surface area (Å²) in [6, 6.07) is 3.69. The molecule has 9 rings (SSSR count). The zero-order chi connectivity index (χ0) is 48.1. The number of carbonyl (C=O) groups excluding carboxylic acids is 3. The van der Waals surface area contributed by atoms with Crippen molar-refractivity contribution in [2.45, 2.75) is 173 Å². The number of benzene rings is 2. The van der Waals surface area contributed by atoms with Crippen molar-refractivity contribution in [1.29, 1.82) is 0 Å². The van der Waals surface area contributed by atoms with Crippen LogP contribution in [-0.2, 0) is 20.7 Å². The molecule has 366 valence electrons. The maximum absolute atomic E-state index is 14.2. The van der Waals surface area contributed by atoms with Gasteiger partial charge in [-0.3, -0.25) is 14.4 Å². The number of hydrogen-bond donors (Lipinski definition) is 7. The van der Waals surface area contributed by atoms with Gasteiger partial charge in [0.05, 0.1) is 48.2 Å². The molecule has 0 radical (unpaired) electrons. The first-order valence-electron chi connectivity index (χ1n) is 25.1. The van der Waals surface area contributed by atoms with Crippen LogP contribution in [0.15, 0.2) is 29.8 Å². The summed E-state index contributed by atoms with van der Waals surface area (Å²) in [4.78, 5) is 41.5. The van der Waals surface area contributed by atoms with Gasteiger partial charge in [-0.05, 0) is 98.9 Å². The normalized spacial score (nSPS) is 38.2. The van der Waals surface area contributed by atoms with Crippen LogP contribution in [0.25, 0.3) is 0 Å². The molecule has 1 heterocycles. The fraction of sp³-hybridized carbons (Fsp3) is 0.685. The second kappa shape index (κ2) is 17.9. The second-order valence-corrected chi connectivity index (χ2v) is 22.6. The Labute approximate surface area is 394 Å². The highest BCUT2D eigenvalue weighted by Gasteiger charge is 2.62. The van der Waals surface area contributed by atoms with E-state index in [1.54, 1.807) is 6.92 Å². The lowest BCUT2D eigenvalue weighted by molar-refractivity contribution is -0.251. The summed E-state index contributed by atoms with van der Waals surface area (Å²) in [6.07, 6.45) is 7.48. The Hall–Kier alpha value is -3.69. The van der Waals surface area contributed by atoms with E-state index in [1.807, 2.05) is 0 Å². The minimum Gasteiger partial charge on any atom is -0.507 e. The van der Waals surface area contributed by atoms with Crippen molar-refractivity contribution in [2.24, 2.45) is 46.3 Å². The van der Waals surface area contributed by atoms with E-state index in [1.165, 1.54) is 69.4 Å². The van der Waals surface area contributed by atoms with Gasteiger partial charge < -0.3 is 50.2 Å². The van der Waals surface area contributed by atoms with Crippen molar-refractivity contribution in [1.82, 2.24) is 5.32 Å². The Morgan fingerprint density at radius 3 is 2.43 bits per heavy atom. The van der Waals surface area contributed by atoms with Crippen LogP contribution in [0.2, 0.25) is 0 Å². The number of allylic oxidation sites excluding steroid dienone is 1. The van der Waals surface area contributed by atoms with Crippen LogP contribution < -0.4 is 10.1 Å². The Bertz CT molecular complexity index is 2330. The minimum absolute atomic E-state index is 0.0455. The lowest BCUT2D eigenvalue weighted by Crippen LogP contribution is -2.64. The number of hydrogen-bond acceptors (Lipinski definition) is 13. The molecule has 2 aromatic carbocycles.